The minimum atomic E-state index is -0.303. The normalized spacial score (nSPS) is 10.3. The monoisotopic (exact) mass is 419 g/mol. The van der Waals surface area contributed by atoms with E-state index in [0.29, 0.717) is 47.2 Å². The van der Waals surface area contributed by atoms with Crippen LogP contribution in [0.4, 0.5) is 11.4 Å². The Morgan fingerprint density at radius 2 is 1.39 bits per heavy atom. The molecule has 3 rings (SSSR count). The SMILES string of the molecule is CCOc1cc(NC(=O)c2ccccc2C)c(OCC)cc1NC(=O)c1ccncc1. The fourth-order valence-corrected chi connectivity index (χ4v) is 3.02. The van der Waals surface area contributed by atoms with E-state index in [4.69, 9.17) is 9.47 Å². The Labute approximate surface area is 181 Å². The number of aryl methyl sites for hydroxylation is 1. The number of amides is 2. The van der Waals surface area contributed by atoms with Crippen LogP contribution in [0.3, 0.4) is 0 Å². The van der Waals surface area contributed by atoms with Gasteiger partial charge in [-0.05, 0) is 44.5 Å². The van der Waals surface area contributed by atoms with Crippen molar-refractivity contribution in [1.29, 1.82) is 0 Å². The van der Waals surface area contributed by atoms with Gasteiger partial charge in [0.15, 0.2) is 0 Å². The third kappa shape index (κ3) is 5.39. The molecule has 160 valence electrons. The highest BCUT2D eigenvalue weighted by Crippen LogP contribution is 2.37. The van der Waals surface area contributed by atoms with Gasteiger partial charge in [-0.25, -0.2) is 0 Å². The number of pyridine rings is 1. The van der Waals surface area contributed by atoms with Crippen LogP contribution in [-0.2, 0) is 0 Å². The molecule has 0 aliphatic rings. The highest BCUT2D eigenvalue weighted by atomic mass is 16.5. The van der Waals surface area contributed by atoms with Gasteiger partial charge >= 0.3 is 0 Å². The zero-order chi connectivity index (χ0) is 22.2. The van der Waals surface area contributed by atoms with E-state index >= 15 is 0 Å². The number of rotatable bonds is 8. The molecule has 0 spiro atoms. The molecule has 0 radical (unpaired) electrons. The van der Waals surface area contributed by atoms with Crippen LogP contribution in [-0.4, -0.2) is 30.0 Å². The van der Waals surface area contributed by atoms with Crippen molar-refractivity contribution in [2.24, 2.45) is 0 Å². The maximum Gasteiger partial charge on any atom is 0.256 e. The lowest BCUT2D eigenvalue weighted by molar-refractivity contribution is 0.101. The number of hydrogen-bond acceptors (Lipinski definition) is 5. The molecule has 2 N–H and O–H groups in total. The molecular weight excluding hydrogens is 394 g/mol. The molecule has 0 atom stereocenters. The molecule has 0 aliphatic carbocycles. The lowest BCUT2D eigenvalue weighted by Gasteiger charge is -2.18. The number of aromatic nitrogens is 1. The van der Waals surface area contributed by atoms with Gasteiger partial charge in [0, 0.05) is 35.7 Å². The summed E-state index contributed by atoms with van der Waals surface area (Å²) in [6.45, 7) is 6.34. The van der Waals surface area contributed by atoms with Crippen LogP contribution >= 0.6 is 0 Å². The lowest BCUT2D eigenvalue weighted by atomic mass is 10.1. The molecule has 2 aromatic carbocycles. The van der Waals surface area contributed by atoms with Gasteiger partial charge in [0.25, 0.3) is 11.8 Å². The molecule has 3 aromatic rings. The number of anilines is 2. The van der Waals surface area contributed by atoms with Crippen molar-refractivity contribution >= 4 is 23.2 Å². The standard InChI is InChI=1S/C24H25N3O4/c1-4-30-21-15-20(27-24(29)18-9-7-6-8-16(18)3)22(31-5-2)14-19(21)26-23(28)17-10-12-25-13-11-17/h6-15H,4-5H2,1-3H3,(H,26,28)(H,27,29). The van der Waals surface area contributed by atoms with Gasteiger partial charge in [0.05, 0.1) is 24.6 Å². The Kier molecular flexibility index (Phi) is 7.22. The Morgan fingerprint density at radius 3 is 1.94 bits per heavy atom. The molecule has 0 bridgehead atoms. The van der Waals surface area contributed by atoms with Gasteiger partial charge in [0.1, 0.15) is 11.5 Å². The van der Waals surface area contributed by atoms with Crippen molar-refractivity contribution in [1.82, 2.24) is 4.98 Å². The van der Waals surface area contributed by atoms with Crippen molar-refractivity contribution < 1.29 is 19.1 Å². The quantitative estimate of drug-likeness (QED) is 0.553. The van der Waals surface area contributed by atoms with Crippen molar-refractivity contribution in [3.63, 3.8) is 0 Å². The van der Waals surface area contributed by atoms with Crippen molar-refractivity contribution in [2.45, 2.75) is 20.8 Å². The summed E-state index contributed by atoms with van der Waals surface area (Å²) >= 11 is 0. The van der Waals surface area contributed by atoms with Crippen molar-refractivity contribution in [2.75, 3.05) is 23.8 Å². The summed E-state index contributed by atoms with van der Waals surface area (Å²) in [7, 11) is 0. The molecule has 2 amide bonds. The first-order chi connectivity index (χ1) is 15.0. The van der Waals surface area contributed by atoms with Gasteiger partial charge in [-0.2, -0.15) is 0 Å². The van der Waals surface area contributed by atoms with Crippen LogP contribution in [0.5, 0.6) is 11.5 Å². The molecular formula is C24H25N3O4. The second kappa shape index (κ2) is 10.2. The highest BCUT2D eigenvalue weighted by Gasteiger charge is 2.18. The summed E-state index contributed by atoms with van der Waals surface area (Å²) in [5.74, 6) is 0.295. The van der Waals surface area contributed by atoms with E-state index in [1.807, 2.05) is 39.0 Å². The minimum absolute atomic E-state index is 0.255. The molecule has 0 saturated heterocycles. The first kappa shape index (κ1) is 21.8. The Balaban J connectivity index is 1.94. The number of nitrogens with zero attached hydrogens (tertiary/aromatic N) is 1. The van der Waals surface area contributed by atoms with Gasteiger partial charge < -0.3 is 20.1 Å². The third-order valence-corrected chi connectivity index (χ3v) is 4.51. The molecule has 0 fully saturated rings. The maximum absolute atomic E-state index is 12.8. The van der Waals surface area contributed by atoms with Crippen LogP contribution in [0.25, 0.3) is 0 Å². The van der Waals surface area contributed by atoms with E-state index < -0.39 is 0 Å². The lowest BCUT2D eigenvalue weighted by Crippen LogP contribution is -2.16. The molecule has 7 nitrogen and oxygen atoms in total. The second-order valence-corrected chi connectivity index (χ2v) is 6.67. The Hall–Kier alpha value is -3.87. The fraction of sp³-hybridized carbons (Fsp3) is 0.208. The van der Waals surface area contributed by atoms with Crippen LogP contribution in [0.2, 0.25) is 0 Å². The van der Waals surface area contributed by atoms with E-state index in [0.717, 1.165) is 5.56 Å². The minimum Gasteiger partial charge on any atom is -0.492 e. The number of hydrogen-bond donors (Lipinski definition) is 2. The summed E-state index contributed by atoms with van der Waals surface area (Å²) < 4.78 is 11.5. The zero-order valence-corrected chi connectivity index (χ0v) is 17.8. The molecule has 31 heavy (non-hydrogen) atoms. The Morgan fingerprint density at radius 1 is 0.839 bits per heavy atom. The summed E-state index contributed by atoms with van der Waals surface area (Å²) in [5.41, 5.74) is 2.80. The number of ether oxygens (including phenoxy) is 2. The molecule has 0 saturated carbocycles. The van der Waals surface area contributed by atoms with Crippen LogP contribution in [0.15, 0.2) is 60.9 Å². The summed E-state index contributed by atoms with van der Waals surface area (Å²) in [6.07, 6.45) is 3.10. The average molecular weight is 419 g/mol. The maximum atomic E-state index is 12.8. The summed E-state index contributed by atoms with van der Waals surface area (Å²) in [6, 6.07) is 13.9. The molecule has 0 aliphatic heterocycles. The molecule has 7 heteroatoms. The first-order valence-electron chi connectivity index (χ1n) is 10.1. The number of carbonyl (C=O) groups excluding carboxylic acids is 2. The smallest absolute Gasteiger partial charge is 0.256 e. The molecule has 1 aromatic heterocycles. The van der Waals surface area contributed by atoms with Gasteiger partial charge in [-0.1, -0.05) is 18.2 Å². The van der Waals surface area contributed by atoms with E-state index in [9.17, 15) is 9.59 Å². The number of benzene rings is 2. The van der Waals surface area contributed by atoms with Gasteiger partial charge in [-0.15, -0.1) is 0 Å². The molecule has 0 unspecified atom stereocenters. The van der Waals surface area contributed by atoms with Crippen molar-refractivity contribution in [3.8, 4) is 11.5 Å². The van der Waals surface area contributed by atoms with E-state index in [1.165, 1.54) is 0 Å². The largest absolute Gasteiger partial charge is 0.492 e. The summed E-state index contributed by atoms with van der Waals surface area (Å²) in [5, 5.41) is 5.75. The van der Waals surface area contributed by atoms with E-state index in [-0.39, 0.29) is 11.8 Å². The fourth-order valence-electron chi connectivity index (χ4n) is 3.02. The number of nitrogens with one attached hydrogen (secondary N) is 2. The Bertz CT molecular complexity index is 1070. The first-order valence-corrected chi connectivity index (χ1v) is 10.1. The third-order valence-electron chi connectivity index (χ3n) is 4.51. The average Bonchev–Trinajstić information content (AvgIpc) is 2.77. The topological polar surface area (TPSA) is 89.5 Å². The predicted octanol–water partition coefficient (Wildman–Crippen LogP) is 4.69. The summed E-state index contributed by atoms with van der Waals surface area (Å²) in [4.78, 5) is 29.4. The van der Waals surface area contributed by atoms with Gasteiger partial charge in [0.2, 0.25) is 0 Å². The zero-order valence-electron chi connectivity index (χ0n) is 17.8. The van der Waals surface area contributed by atoms with Gasteiger partial charge in [-0.3, -0.25) is 14.6 Å². The van der Waals surface area contributed by atoms with Crippen LogP contribution in [0.1, 0.15) is 40.1 Å². The van der Waals surface area contributed by atoms with Crippen LogP contribution in [0, 0.1) is 6.92 Å². The van der Waals surface area contributed by atoms with Crippen molar-refractivity contribution in [3.05, 3.63) is 77.6 Å². The van der Waals surface area contributed by atoms with E-state index in [2.05, 4.69) is 15.6 Å². The second-order valence-electron chi connectivity index (χ2n) is 6.67. The van der Waals surface area contributed by atoms with Crippen LogP contribution < -0.4 is 20.1 Å². The molecule has 1 heterocycles. The number of carbonyl (C=O) groups is 2. The predicted molar refractivity (Wildman–Crippen MR) is 120 cm³/mol. The highest BCUT2D eigenvalue weighted by molar-refractivity contribution is 6.07. The van der Waals surface area contributed by atoms with E-state index in [1.54, 1.807) is 42.7 Å².